The predicted octanol–water partition coefficient (Wildman–Crippen LogP) is 0.658. The Morgan fingerprint density at radius 2 is 2.09 bits per heavy atom. The molecule has 2 fully saturated rings. The lowest BCUT2D eigenvalue weighted by Gasteiger charge is -2.39. The zero-order valence-electron chi connectivity index (χ0n) is 12.3. The van der Waals surface area contributed by atoms with Crippen molar-refractivity contribution in [3.05, 3.63) is 35.9 Å². The van der Waals surface area contributed by atoms with Gasteiger partial charge in [0.2, 0.25) is 0 Å². The third-order valence-electron chi connectivity index (χ3n) is 3.98. The average molecular weight is 354 g/mol. The molecule has 3 atom stereocenters. The first-order valence-corrected chi connectivity index (χ1v) is 9.26. The van der Waals surface area contributed by atoms with Crippen molar-refractivity contribution in [1.82, 2.24) is 5.32 Å². The Bertz CT molecular complexity index is 594. The number of esters is 1. The minimum Gasteiger partial charge on any atom is -0.480 e. The third kappa shape index (κ3) is 3.35. The van der Waals surface area contributed by atoms with Crippen LogP contribution in [0.1, 0.15) is 5.56 Å². The minimum absolute atomic E-state index is 0.210. The molecule has 3 unspecified atom stereocenters. The Hall–Kier alpha value is -1.22. The monoisotopic (exact) mass is 354 g/mol. The van der Waals surface area contributed by atoms with Crippen molar-refractivity contribution in [2.45, 2.75) is 28.8 Å². The highest BCUT2D eigenvalue weighted by atomic mass is 32.2. The topological polar surface area (TPSA) is 102 Å². The molecule has 0 aliphatic carbocycles. The summed E-state index contributed by atoms with van der Waals surface area (Å²) in [5.41, 5.74) is 6.63. The highest BCUT2D eigenvalue weighted by Crippen LogP contribution is 2.50. The standard InChI is InChI=1S/C15H18N2O4S2/c16-10(13(18)19)12-17-11(15(23-12)7-22-8-15)14(20)21-6-9-4-2-1-3-5-9/h1-5,10-12,17H,6-8,16H2,(H,18,19). The third-order valence-corrected chi connectivity index (χ3v) is 7.46. The van der Waals surface area contributed by atoms with E-state index in [0.717, 1.165) is 17.1 Å². The first kappa shape index (κ1) is 16.6. The molecular weight excluding hydrogens is 336 g/mol. The summed E-state index contributed by atoms with van der Waals surface area (Å²) < 4.78 is 5.11. The molecule has 2 saturated heterocycles. The van der Waals surface area contributed by atoms with E-state index in [1.54, 1.807) is 11.8 Å². The molecule has 0 amide bonds. The maximum Gasteiger partial charge on any atom is 0.325 e. The van der Waals surface area contributed by atoms with Gasteiger partial charge in [-0.15, -0.1) is 11.8 Å². The van der Waals surface area contributed by atoms with Gasteiger partial charge in [-0.3, -0.25) is 14.9 Å². The van der Waals surface area contributed by atoms with E-state index >= 15 is 0 Å². The number of carboxylic acids is 1. The van der Waals surface area contributed by atoms with E-state index < -0.39 is 23.4 Å². The number of rotatable bonds is 5. The second-order valence-electron chi connectivity index (χ2n) is 5.65. The molecule has 23 heavy (non-hydrogen) atoms. The van der Waals surface area contributed by atoms with Gasteiger partial charge < -0.3 is 15.6 Å². The van der Waals surface area contributed by atoms with Gasteiger partial charge in [0.05, 0.1) is 10.1 Å². The fourth-order valence-electron chi connectivity index (χ4n) is 2.61. The first-order chi connectivity index (χ1) is 11.0. The van der Waals surface area contributed by atoms with Crippen LogP contribution >= 0.6 is 23.5 Å². The number of nitrogens with two attached hydrogens (primary N) is 1. The summed E-state index contributed by atoms with van der Waals surface area (Å²) in [6, 6.07) is 7.89. The normalized spacial score (nSPS) is 26.5. The van der Waals surface area contributed by atoms with Crippen molar-refractivity contribution in [3.8, 4) is 0 Å². The molecule has 0 saturated carbocycles. The molecule has 1 spiro atoms. The summed E-state index contributed by atoms with van der Waals surface area (Å²) >= 11 is 3.19. The second kappa shape index (κ2) is 6.72. The average Bonchev–Trinajstić information content (AvgIpc) is 2.94. The van der Waals surface area contributed by atoms with Crippen LogP contribution < -0.4 is 11.1 Å². The molecular formula is C15H18N2O4S2. The van der Waals surface area contributed by atoms with Crippen molar-refractivity contribution in [2.24, 2.45) is 5.73 Å². The van der Waals surface area contributed by atoms with E-state index in [0.29, 0.717) is 0 Å². The Balaban J connectivity index is 1.65. The van der Waals surface area contributed by atoms with E-state index in [-0.39, 0.29) is 17.3 Å². The van der Waals surface area contributed by atoms with Crippen molar-refractivity contribution in [3.63, 3.8) is 0 Å². The fourth-order valence-corrected chi connectivity index (χ4v) is 5.87. The predicted molar refractivity (Wildman–Crippen MR) is 90.2 cm³/mol. The Morgan fingerprint density at radius 1 is 1.39 bits per heavy atom. The Morgan fingerprint density at radius 3 is 2.65 bits per heavy atom. The van der Waals surface area contributed by atoms with Gasteiger partial charge in [0.25, 0.3) is 0 Å². The smallest absolute Gasteiger partial charge is 0.325 e. The van der Waals surface area contributed by atoms with Gasteiger partial charge in [-0.25, -0.2) is 0 Å². The van der Waals surface area contributed by atoms with Crippen LogP contribution in [0.25, 0.3) is 0 Å². The number of carbonyl (C=O) groups is 2. The second-order valence-corrected chi connectivity index (χ2v) is 8.20. The van der Waals surface area contributed by atoms with E-state index in [1.165, 1.54) is 11.8 Å². The van der Waals surface area contributed by atoms with Gasteiger partial charge in [-0.05, 0) is 5.56 Å². The number of aliphatic carboxylic acids is 1. The highest BCUT2D eigenvalue weighted by molar-refractivity contribution is 8.08. The van der Waals surface area contributed by atoms with Gasteiger partial charge in [-0.1, -0.05) is 30.3 Å². The lowest BCUT2D eigenvalue weighted by molar-refractivity contribution is -0.148. The number of ether oxygens (including phenoxy) is 1. The number of benzene rings is 1. The minimum atomic E-state index is -1.07. The quantitative estimate of drug-likeness (QED) is 0.663. The SMILES string of the molecule is NC(C(=O)O)C1NC(C(=O)OCc2ccccc2)C2(CSC2)S1. The van der Waals surface area contributed by atoms with Gasteiger partial charge in [-0.2, -0.15) is 11.8 Å². The van der Waals surface area contributed by atoms with Crippen LogP contribution in [-0.2, 0) is 20.9 Å². The largest absolute Gasteiger partial charge is 0.480 e. The lowest BCUT2D eigenvalue weighted by Crippen LogP contribution is -2.56. The molecule has 0 bridgehead atoms. The molecule has 8 heteroatoms. The summed E-state index contributed by atoms with van der Waals surface area (Å²) in [4.78, 5) is 23.6. The zero-order valence-corrected chi connectivity index (χ0v) is 13.9. The van der Waals surface area contributed by atoms with E-state index in [9.17, 15) is 9.59 Å². The number of carboxylic acid groups (broad SMARTS) is 1. The molecule has 6 nitrogen and oxygen atoms in total. The number of nitrogens with one attached hydrogen (secondary N) is 1. The van der Waals surface area contributed by atoms with E-state index in [4.69, 9.17) is 15.6 Å². The van der Waals surface area contributed by atoms with Gasteiger partial charge >= 0.3 is 11.9 Å². The molecule has 1 aromatic carbocycles. The highest BCUT2D eigenvalue weighted by Gasteiger charge is 2.57. The van der Waals surface area contributed by atoms with E-state index in [2.05, 4.69) is 5.32 Å². The van der Waals surface area contributed by atoms with Crippen molar-refractivity contribution in [1.29, 1.82) is 0 Å². The van der Waals surface area contributed by atoms with Crippen LogP contribution in [-0.4, -0.2) is 50.8 Å². The van der Waals surface area contributed by atoms with Crippen LogP contribution in [0.2, 0.25) is 0 Å². The van der Waals surface area contributed by atoms with Crippen molar-refractivity contribution in [2.75, 3.05) is 11.5 Å². The van der Waals surface area contributed by atoms with Crippen LogP contribution in [0.5, 0.6) is 0 Å². The van der Waals surface area contributed by atoms with E-state index in [1.807, 2.05) is 30.3 Å². The fraction of sp³-hybridized carbons (Fsp3) is 0.467. The summed E-state index contributed by atoms with van der Waals surface area (Å²) in [5, 5.41) is 11.7. The molecule has 2 aliphatic heterocycles. The Kier molecular flexibility index (Phi) is 4.86. The molecule has 2 aliphatic rings. The maximum atomic E-state index is 12.5. The van der Waals surface area contributed by atoms with Crippen LogP contribution in [0, 0.1) is 0 Å². The van der Waals surface area contributed by atoms with Crippen LogP contribution in [0.15, 0.2) is 30.3 Å². The first-order valence-electron chi connectivity index (χ1n) is 7.22. The van der Waals surface area contributed by atoms with Gasteiger partial charge in [0.15, 0.2) is 0 Å². The van der Waals surface area contributed by atoms with Gasteiger partial charge in [0.1, 0.15) is 18.7 Å². The molecule has 2 heterocycles. The van der Waals surface area contributed by atoms with Crippen molar-refractivity contribution < 1.29 is 19.4 Å². The number of thioether (sulfide) groups is 2. The maximum absolute atomic E-state index is 12.5. The van der Waals surface area contributed by atoms with Crippen LogP contribution in [0.4, 0.5) is 0 Å². The zero-order chi connectivity index (χ0) is 16.4. The number of carbonyl (C=O) groups excluding carboxylic acids is 1. The molecule has 124 valence electrons. The lowest BCUT2D eigenvalue weighted by atomic mass is 10.0. The summed E-state index contributed by atoms with van der Waals surface area (Å²) in [7, 11) is 0. The molecule has 1 aromatic rings. The molecule has 0 radical (unpaired) electrons. The summed E-state index contributed by atoms with van der Waals surface area (Å²) in [6.45, 7) is 0.210. The number of hydrogen-bond acceptors (Lipinski definition) is 7. The molecule has 3 rings (SSSR count). The summed E-state index contributed by atoms with van der Waals surface area (Å²) in [6.07, 6.45) is 0. The van der Waals surface area contributed by atoms with Crippen molar-refractivity contribution >= 4 is 35.5 Å². The summed E-state index contributed by atoms with van der Waals surface area (Å²) in [5.74, 6) is 0.161. The van der Waals surface area contributed by atoms with Crippen LogP contribution in [0.3, 0.4) is 0 Å². The number of hydrogen-bond donors (Lipinski definition) is 3. The van der Waals surface area contributed by atoms with Gasteiger partial charge in [0, 0.05) is 11.5 Å². The molecule has 0 aromatic heterocycles. The molecule has 4 N–H and O–H groups in total. The Labute approximate surface area is 142 Å².